The second kappa shape index (κ2) is 4.74. The second-order valence-electron chi connectivity index (χ2n) is 2.21. The van der Waals surface area contributed by atoms with Gasteiger partial charge in [0.2, 0.25) is 0 Å². The van der Waals surface area contributed by atoms with Gasteiger partial charge < -0.3 is 5.09 Å². The van der Waals surface area contributed by atoms with Crippen LogP contribution in [-0.4, -0.2) is 6.66 Å². The topological polar surface area (TPSA) is 12.0 Å². The molecule has 0 bridgehead atoms. The van der Waals surface area contributed by atoms with E-state index in [2.05, 4.69) is 51.9 Å². The van der Waals surface area contributed by atoms with Crippen molar-refractivity contribution >= 4 is 30.3 Å². The van der Waals surface area contributed by atoms with Gasteiger partial charge in [0.1, 0.15) is 0 Å². The Balaban J connectivity index is 2.74. The van der Waals surface area contributed by atoms with E-state index in [1.165, 1.54) is 11.3 Å². The van der Waals surface area contributed by atoms with E-state index in [1.807, 2.05) is 0 Å². The van der Waals surface area contributed by atoms with Crippen molar-refractivity contribution in [3.63, 3.8) is 0 Å². The molecule has 0 heterocycles. The van der Waals surface area contributed by atoms with Crippen LogP contribution in [0, 0.1) is 0 Å². The molecule has 0 spiro atoms. The molecule has 0 saturated heterocycles. The fraction of sp³-hybridized carbons (Fsp3) is 0.250. The Morgan fingerprint density at radius 2 is 2.36 bits per heavy atom. The normalized spacial score (nSPS) is 10.7. The lowest BCUT2D eigenvalue weighted by molar-refractivity contribution is 1.44. The minimum absolute atomic E-state index is 0.768. The first-order valence-electron chi connectivity index (χ1n) is 3.44. The van der Waals surface area contributed by atoms with Gasteiger partial charge in [0.05, 0.1) is 0 Å². The van der Waals surface area contributed by atoms with Gasteiger partial charge in [0, 0.05) is 11.0 Å². The van der Waals surface area contributed by atoms with Crippen molar-refractivity contribution in [1.29, 1.82) is 0 Å². The van der Waals surface area contributed by atoms with E-state index in [0.717, 1.165) is 14.1 Å². The molecular formula is C8H11BrNP. The highest BCUT2D eigenvalue weighted by Crippen LogP contribution is 2.17. The summed E-state index contributed by atoms with van der Waals surface area (Å²) in [5.41, 5.74) is 2.52. The summed E-state index contributed by atoms with van der Waals surface area (Å²) in [5, 5.41) is 4.22. The van der Waals surface area contributed by atoms with Gasteiger partial charge in [-0.25, -0.2) is 0 Å². The highest BCUT2D eigenvalue weighted by atomic mass is 79.9. The first-order valence-corrected chi connectivity index (χ1v) is 6.06. The standard InChI is InChI=1S/C8H11BrNP/c1-11-10-8-4-2-3-7(5-8)6-9/h2-5,10-11H,6H2,1H3. The van der Waals surface area contributed by atoms with Gasteiger partial charge in [0.25, 0.3) is 0 Å². The van der Waals surface area contributed by atoms with Crippen LogP contribution in [0.2, 0.25) is 0 Å². The summed E-state index contributed by atoms with van der Waals surface area (Å²) >= 11 is 3.42. The molecule has 1 rings (SSSR count). The van der Waals surface area contributed by atoms with Crippen LogP contribution in [0.5, 0.6) is 0 Å². The molecular weight excluding hydrogens is 221 g/mol. The van der Waals surface area contributed by atoms with E-state index in [9.17, 15) is 0 Å². The summed E-state index contributed by atoms with van der Waals surface area (Å²) in [6.07, 6.45) is 0. The Bertz CT molecular complexity index is 227. The predicted octanol–water partition coefficient (Wildman–Crippen LogP) is 3.22. The zero-order chi connectivity index (χ0) is 8.10. The summed E-state index contributed by atoms with van der Waals surface area (Å²) in [7, 11) is 0.768. The van der Waals surface area contributed by atoms with Crippen molar-refractivity contribution in [2.75, 3.05) is 11.8 Å². The van der Waals surface area contributed by atoms with Gasteiger partial charge in [-0.05, 0) is 33.1 Å². The fourth-order valence-corrected chi connectivity index (χ4v) is 1.67. The van der Waals surface area contributed by atoms with E-state index in [-0.39, 0.29) is 0 Å². The van der Waals surface area contributed by atoms with E-state index < -0.39 is 0 Å². The Labute approximate surface area is 77.5 Å². The zero-order valence-electron chi connectivity index (χ0n) is 6.39. The lowest BCUT2D eigenvalue weighted by atomic mass is 10.2. The maximum absolute atomic E-state index is 3.42. The van der Waals surface area contributed by atoms with Gasteiger partial charge >= 0.3 is 0 Å². The average molecular weight is 232 g/mol. The Morgan fingerprint density at radius 3 is 3.00 bits per heavy atom. The fourth-order valence-electron chi connectivity index (χ4n) is 0.877. The van der Waals surface area contributed by atoms with Crippen molar-refractivity contribution in [2.24, 2.45) is 0 Å². The number of hydrogen-bond acceptors (Lipinski definition) is 1. The molecule has 0 aromatic heterocycles. The molecule has 1 atom stereocenters. The SMILES string of the molecule is CPNc1cccc(CBr)c1. The van der Waals surface area contributed by atoms with Gasteiger partial charge in [0.15, 0.2) is 0 Å². The molecule has 0 aliphatic rings. The van der Waals surface area contributed by atoms with Crippen LogP contribution in [0.15, 0.2) is 24.3 Å². The molecule has 0 aliphatic carbocycles. The summed E-state index contributed by atoms with van der Waals surface area (Å²) in [6.45, 7) is 2.13. The highest BCUT2D eigenvalue weighted by Gasteiger charge is 1.91. The third-order valence-corrected chi connectivity index (χ3v) is 2.54. The molecule has 0 radical (unpaired) electrons. The summed E-state index contributed by atoms with van der Waals surface area (Å²) in [4.78, 5) is 0. The molecule has 1 unspecified atom stereocenters. The van der Waals surface area contributed by atoms with E-state index in [1.54, 1.807) is 0 Å². The quantitative estimate of drug-likeness (QED) is 0.623. The first-order chi connectivity index (χ1) is 5.36. The van der Waals surface area contributed by atoms with Crippen LogP contribution in [-0.2, 0) is 5.33 Å². The third-order valence-electron chi connectivity index (χ3n) is 1.35. The molecule has 1 N–H and O–H groups in total. The molecule has 3 heteroatoms. The minimum atomic E-state index is 0.768. The number of halogens is 1. The minimum Gasteiger partial charge on any atom is -0.367 e. The van der Waals surface area contributed by atoms with Crippen molar-refractivity contribution < 1.29 is 0 Å². The monoisotopic (exact) mass is 231 g/mol. The number of benzene rings is 1. The summed E-state index contributed by atoms with van der Waals surface area (Å²) in [6, 6.07) is 8.42. The Hall–Kier alpha value is -0.0700. The van der Waals surface area contributed by atoms with Gasteiger partial charge in [-0.15, -0.1) is 0 Å². The maximum atomic E-state index is 3.42. The average Bonchev–Trinajstić information content (AvgIpc) is 2.06. The van der Waals surface area contributed by atoms with Crippen LogP contribution in [0.4, 0.5) is 5.69 Å². The molecule has 0 amide bonds. The molecule has 0 fully saturated rings. The van der Waals surface area contributed by atoms with Gasteiger partial charge in [-0.2, -0.15) is 0 Å². The molecule has 0 saturated carbocycles. The van der Waals surface area contributed by atoms with Crippen molar-refractivity contribution in [1.82, 2.24) is 0 Å². The highest BCUT2D eigenvalue weighted by molar-refractivity contribution is 9.08. The van der Waals surface area contributed by atoms with Crippen molar-refractivity contribution in [3.8, 4) is 0 Å². The van der Waals surface area contributed by atoms with Gasteiger partial charge in [-0.1, -0.05) is 28.1 Å². The van der Waals surface area contributed by atoms with Crippen molar-refractivity contribution in [3.05, 3.63) is 29.8 Å². The predicted molar refractivity (Wildman–Crippen MR) is 56.9 cm³/mol. The Kier molecular flexibility index (Phi) is 3.88. The van der Waals surface area contributed by atoms with E-state index in [0.29, 0.717) is 0 Å². The smallest absolute Gasteiger partial charge is 0.0373 e. The first kappa shape index (κ1) is 9.02. The molecule has 1 aromatic carbocycles. The van der Waals surface area contributed by atoms with Crippen LogP contribution >= 0.6 is 24.7 Å². The van der Waals surface area contributed by atoms with Crippen LogP contribution in [0.1, 0.15) is 5.56 Å². The number of nitrogens with one attached hydrogen (secondary N) is 1. The molecule has 1 aromatic rings. The molecule has 60 valence electrons. The zero-order valence-corrected chi connectivity index (χ0v) is 8.98. The maximum Gasteiger partial charge on any atom is 0.0373 e. The second-order valence-corrected chi connectivity index (χ2v) is 3.52. The molecule has 0 aliphatic heterocycles. The summed E-state index contributed by atoms with van der Waals surface area (Å²) < 4.78 is 0. The van der Waals surface area contributed by atoms with Crippen LogP contribution in [0.3, 0.4) is 0 Å². The van der Waals surface area contributed by atoms with Crippen molar-refractivity contribution in [2.45, 2.75) is 5.33 Å². The number of rotatable bonds is 3. The van der Waals surface area contributed by atoms with E-state index >= 15 is 0 Å². The van der Waals surface area contributed by atoms with Crippen LogP contribution < -0.4 is 5.09 Å². The third kappa shape index (κ3) is 2.80. The summed E-state index contributed by atoms with van der Waals surface area (Å²) in [5.74, 6) is 0. The largest absolute Gasteiger partial charge is 0.367 e. The lowest BCUT2D eigenvalue weighted by Crippen LogP contribution is -1.83. The van der Waals surface area contributed by atoms with E-state index in [4.69, 9.17) is 0 Å². The number of alkyl halides is 1. The number of anilines is 1. The van der Waals surface area contributed by atoms with Gasteiger partial charge in [-0.3, -0.25) is 0 Å². The van der Waals surface area contributed by atoms with Crippen LogP contribution in [0.25, 0.3) is 0 Å². The number of hydrogen-bond donors (Lipinski definition) is 1. The molecule has 1 nitrogen and oxygen atoms in total. The Morgan fingerprint density at radius 1 is 1.55 bits per heavy atom. The molecule has 11 heavy (non-hydrogen) atoms. The lowest BCUT2D eigenvalue weighted by Gasteiger charge is -2.03.